The third-order valence-corrected chi connectivity index (χ3v) is 6.45. The smallest absolute Gasteiger partial charge is 0.165 e. The summed E-state index contributed by atoms with van der Waals surface area (Å²) in [7, 11) is 0. The van der Waals surface area contributed by atoms with Crippen LogP contribution in [0.2, 0.25) is 0 Å². The lowest BCUT2D eigenvalue weighted by Gasteiger charge is -2.15. The first-order chi connectivity index (χ1) is 18.2. The maximum atomic E-state index is 13.7. The van der Waals surface area contributed by atoms with Crippen molar-refractivity contribution in [3.05, 3.63) is 106 Å². The van der Waals surface area contributed by atoms with Crippen molar-refractivity contribution in [2.24, 2.45) is 11.1 Å². The molecule has 0 N–H and O–H groups in total. The fraction of sp³-hybridized carbons (Fsp3) is 0.312. The summed E-state index contributed by atoms with van der Waals surface area (Å²) in [6.07, 6.45) is 2.22. The fourth-order valence-corrected chi connectivity index (χ4v) is 4.66. The quantitative estimate of drug-likeness (QED) is 0.115. The first-order valence-corrected chi connectivity index (χ1v) is 13.1. The van der Waals surface area contributed by atoms with Gasteiger partial charge >= 0.3 is 0 Å². The highest BCUT2D eigenvalue weighted by Crippen LogP contribution is 2.34. The van der Waals surface area contributed by atoms with Crippen LogP contribution in [-0.4, -0.2) is 23.2 Å². The second kappa shape index (κ2) is 12.2. The van der Waals surface area contributed by atoms with Crippen molar-refractivity contribution in [2.45, 2.75) is 53.0 Å². The Labute approximate surface area is 222 Å². The van der Waals surface area contributed by atoms with E-state index >= 15 is 0 Å². The van der Waals surface area contributed by atoms with Gasteiger partial charge in [-0.3, -0.25) is 4.79 Å². The zero-order valence-electron chi connectivity index (χ0n) is 22.4. The Morgan fingerprint density at radius 2 is 1.71 bits per heavy atom. The standard InChI is InChI=1S/C32H34F2N2O2/c1-21(2)20-38-35-18-25-10-13-26-29(17-25)36(19-24-8-6-5-7-9-24)32(22(3)4)31(26)30(37)15-12-23-11-14-27(33)28(34)16-23/h5-11,13-14,16-18,21-22H,12,15,19-20H2,1-4H3/b35-18+. The lowest BCUT2D eigenvalue weighted by Crippen LogP contribution is -2.11. The number of fused-ring (bicyclic) bond motifs is 1. The van der Waals surface area contributed by atoms with Crippen LogP contribution in [0.5, 0.6) is 0 Å². The summed E-state index contributed by atoms with van der Waals surface area (Å²) in [6.45, 7) is 9.46. The normalized spacial score (nSPS) is 11.8. The van der Waals surface area contributed by atoms with Gasteiger partial charge in [-0.15, -0.1) is 0 Å². The number of ketones is 1. The van der Waals surface area contributed by atoms with Gasteiger partial charge in [0.05, 0.1) is 6.21 Å². The highest BCUT2D eigenvalue weighted by Gasteiger charge is 2.24. The minimum absolute atomic E-state index is 0.0167. The average molecular weight is 517 g/mol. The van der Waals surface area contributed by atoms with Gasteiger partial charge in [0.25, 0.3) is 0 Å². The van der Waals surface area contributed by atoms with Gasteiger partial charge in [0.2, 0.25) is 0 Å². The van der Waals surface area contributed by atoms with Crippen molar-refractivity contribution in [3.63, 3.8) is 0 Å². The van der Waals surface area contributed by atoms with Crippen LogP contribution in [0.1, 0.15) is 72.8 Å². The zero-order chi connectivity index (χ0) is 27.2. The molecule has 0 unspecified atom stereocenters. The Hall–Kier alpha value is -3.80. The number of carbonyl (C=O) groups excluding carboxylic acids is 1. The minimum Gasteiger partial charge on any atom is -0.396 e. The SMILES string of the molecule is CC(C)CO/N=C/c1ccc2c(C(=O)CCc3ccc(F)c(F)c3)c(C(C)C)n(Cc3ccccc3)c2c1. The first-order valence-electron chi connectivity index (χ1n) is 13.1. The molecule has 0 amide bonds. The van der Waals surface area contributed by atoms with E-state index in [4.69, 9.17) is 4.84 Å². The van der Waals surface area contributed by atoms with E-state index in [2.05, 4.69) is 49.6 Å². The molecule has 198 valence electrons. The number of nitrogens with zero attached hydrogens (tertiary/aromatic N) is 2. The van der Waals surface area contributed by atoms with Crippen LogP contribution in [0, 0.1) is 17.6 Å². The molecule has 1 heterocycles. The molecule has 38 heavy (non-hydrogen) atoms. The number of halogens is 2. The summed E-state index contributed by atoms with van der Waals surface area (Å²) in [4.78, 5) is 19.1. The number of aryl methyl sites for hydroxylation is 1. The molecule has 0 aliphatic carbocycles. The molecular weight excluding hydrogens is 482 g/mol. The molecule has 0 atom stereocenters. The fourth-order valence-electron chi connectivity index (χ4n) is 4.66. The first kappa shape index (κ1) is 27.2. The third kappa shape index (κ3) is 6.36. The molecule has 0 radical (unpaired) electrons. The van der Waals surface area contributed by atoms with E-state index in [1.807, 2.05) is 36.4 Å². The van der Waals surface area contributed by atoms with E-state index in [0.29, 0.717) is 36.6 Å². The Kier molecular flexibility index (Phi) is 8.72. The monoisotopic (exact) mass is 516 g/mol. The molecule has 0 fully saturated rings. The number of hydrogen-bond acceptors (Lipinski definition) is 3. The molecular formula is C32H34F2N2O2. The minimum atomic E-state index is -0.899. The van der Waals surface area contributed by atoms with Gasteiger partial charge in [-0.1, -0.05) is 81.4 Å². The summed E-state index contributed by atoms with van der Waals surface area (Å²) >= 11 is 0. The van der Waals surface area contributed by atoms with Crippen LogP contribution >= 0.6 is 0 Å². The number of carbonyl (C=O) groups is 1. The Bertz CT molecular complexity index is 1440. The maximum absolute atomic E-state index is 13.7. The molecule has 3 aromatic carbocycles. The van der Waals surface area contributed by atoms with E-state index in [1.165, 1.54) is 6.07 Å². The summed E-state index contributed by atoms with van der Waals surface area (Å²) < 4.78 is 29.3. The highest BCUT2D eigenvalue weighted by molar-refractivity contribution is 6.10. The molecule has 6 heteroatoms. The molecule has 1 aromatic heterocycles. The number of benzene rings is 3. The number of Topliss-reactive ketones (excluding diaryl/α,β-unsaturated/α-hetero) is 1. The highest BCUT2D eigenvalue weighted by atomic mass is 19.2. The van der Waals surface area contributed by atoms with Crippen molar-refractivity contribution in [2.75, 3.05) is 6.61 Å². The number of rotatable bonds is 11. The van der Waals surface area contributed by atoms with Crippen LogP contribution in [0.4, 0.5) is 8.78 Å². The summed E-state index contributed by atoms with van der Waals surface area (Å²) in [5.74, 6) is -1.34. The topological polar surface area (TPSA) is 43.6 Å². The Morgan fingerprint density at radius 3 is 2.39 bits per heavy atom. The Morgan fingerprint density at radius 1 is 0.947 bits per heavy atom. The van der Waals surface area contributed by atoms with E-state index in [0.717, 1.165) is 39.9 Å². The van der Waals surface area contributed by atoms with Crippen molar-refractivity contribution in [1.29, 1.82) is 0 Å². The molecule has 0 aliphatic rings. The number of aromatic nitrogens is 1. The van der Waals surface area contributed by atoms with Gasteiger partial charge in [0, 0.05) is 35.1 Å². The second-order valence-corrected chi connectivity index (χ2v) is 10.4. The lowest BCUT2D eigenvalue weighted by atomic mass is 9.96. The van der Waals surface area contributed by atoms with Crippen LogP contribution in [-0.2, 0) is 17.8 Å². The predicted molar refractivity (Wildman–Crippen MR) is 149 cm³/mol. The maximum Gasteiger partial charge on any atom is 0.165 e. The second-order valence-electron chi connectivity index (χ2n) is 10.4. The third-order valence-electron chi connectivity index (χ3n) is 6.45. The largest absolute Gasteiger partial charge is 0.396 e. The number of oxime groups is 1. The van der Waals surface area contributed by atoms with Crippen molar-refractivity contribution in [1.82, 2.24) is 4.57 Å². The Balaban J connectivity index is 1.75. The van der Waals surface area contributed by atoms with Gasteiger partial charge in [-0.25, -0.2) is 8.78 Å². The van der Waals surface area contributed by atoms with Crippen LogP contribution in [0.15, 0.2) is 71.9 Å². The molecule has 0 aliphatic heterocycles. The van der Waals surface area contributed by atoms with Crippen LogP contribution in [0.3, 0.4) is 0 Å². The van der Waals surface area contributed by atoms with Gasteiger partial charge in [0.15, 0.2) is 17.4 Å². The van der Waals surface area contributed by atoms with Crippen LogP contribution < -0.4 is 0 Å². The van der Waals surface area contributed by atoms with Crippen molar-refractivity contribution in [3.8, 4) is 0 Å². The summed E-state index contributed by atoms with van der Waals surface area (Å²) in [5.41, 5.74) is 5.20. The summed E-state index contributed by atoms with van der Waals surface area (Å²) in [6, 6.07) is 19.9. The average Bonchev–Trinajstić information content (AvgIpc) is 3.21. The van der Waals surface area contributed by atoms with E-state index in [9.17, 15) is 13.6 Å². The van der Waals surface area contributed by atoms with Crippen LogP contribution in [0.25, 0.3) is 10.9 Å². The molecule has 4 rings (SSSR count). The molecule has 0 saturated carbocycles. The molecule has 4 aromatic rings. The van der Waals surface area contributed by atoms with Gasteiger partial charge in [-0.05, 0) is 53.1 Å². The molecule has 0 spiro atoms. The van der Waals surface area contributed by atoms with Crippen molar-refractivity contribution >= 4 is 22.9 Å². The number of hydrogen-bond donors (Lipinski definition) is 0. The van der Waals surface area contributed by atoms with Gasteiger partial charge in [0.1, 0.15) is 6.61 Å². The molecule has 4 nitrogen and oxygen atoms in total. The van der Waals surface area contributed by atoms with Gasteiger partial charge < -0.3 is 9.40 Å². The predicted octanol–water partition coefficient (Wildman–Crippen LogP) is 7.91. The van der Waals surface area contributed by atoms with Crippen molar-refractivity contribution < 1.29 is 18.4 Å². The van der Waals surface area contributed by atoms with E-state index < -0.39 is 11.6 Å². The van der Waals surface area contributed by atoms with Gasteiger partial charge in [-0.2, -0.15) is 0 Å². The zero-order valence-corrected chi connectivity index (χ0v) is 22.4. The lowest BCUT2D eigenvalue weighted by molar-refractivity contribution is 0.0982. The van der Waals surface area contributed by atoms with E-state index in [1.54, 1.807) is 6.21 Å². The molecule has 0 bridgehead atoms. The summed E-state index contributed by atoms with van der Waals surface area (Å²) in [5, 5.41) is 4.99. The van der Waals surface area contributed by atoms with E-state index in [-0.39, 0.29) is 18.1 Å². The molecule has 0 saturated heterocycles.